The van der Waals surface area contributed by atoms with E-state index in [1.54, 1.807) is 0 Å². The Hall–Kier alpha value is -1.29. The molecule has 0 bridgehead atoms. The number of nitrogens with two attached hydrogens (primary N) is 1. The third kappa shape index (κ3) is 3.85. The highest BCUT2D eigenvalue weighted by atomic mass is 35.5. The molecule has 4 heteroatoms. The van der Waals surface area contributed by atoms with Crippen molar-refractivity contribution in [2.45, 2.75) is 13.5 Å². The molecule has 0 spiro atoms. The maximum atomic E-state index is 6.15. The standard InChI is InChI=1S/C16H21ClN2O/c1-12-14(5-4-6-15(12)17)16-8-7-13(20-16)11-18-9-10-19(2)3/h4-8,18H,9-11H2,1-3H3/p+2. The van der Waals surface area contributed by atoms with Gasteiger partial charge in [-0.1, -0.05) is 23.7 Å². The normalized spacial score (nSPS) is 11.2. The fraction of sp³-hybridized carbons (Fsp3) is 0.375. The maximum Gasteiger partial charge on any atom is 0.158 e. The second-order valence-corrected chi connectivity index (χ2v) is 5.82. The minimum atomic E-state index is 0.779. The second kappa shape index (κ2) is 6.93. The molecule has 0 saturated carbocycles. The molecule has 1 heterocycles. The monoisotopic (exact) mass is 294 g/mol. The first kappa shape index (κ1) is 15.1. The first-order valence-electron chi connectivity index (χ1n) is 7.03. The number of nitrogens with one attached hydrogen (secondary N) is 1. The average molecular weight is 295 g/mol. The number of hydrogen-bond acceptors (Lipinski definition) is 1. The van der Waals surface area contributed by atoms with E-state index in [2.05, 4.69) is 25.5 Å². The predicted octanol–water partition coefficient (Wildman–Crippen LogP) is 1.12. The molecule has 0 radical (unpaired) electrons. The molecule has 20 heavy (non-hydrogen) atoms. The highest BCUT2D eigenvalue weighted by Gasteiger charge is 2.10. The Balaban J connectivity index is 2.00. The number of benzene rings is 1. The zero-order chi connectivity index (χ0) is 14.5. The van der Waals surface area contributed by atoms with Crippen molar-refractivity contribution in [1.29, 1.82) is 0 Å². The lowest BCUT2D eigenvalue weighted by Gasteiger charge is -2.05. The van der Waals surface area contributed by atoms with E-state index in [0.29, 0.717) is 0 Å². The summed E-state index contributed by atoms with van der Waals surface area (Å²) in [5.74, 6) is 1.90. The zero-order valence-corrected chi connectivity index (χ0v) is 13.1. The third-order valence-electron chi connectivity index (χ3n) is 3.39. The number of halogens is 1. The van der Waals surface area contributed by atoms with Crippen LogP contribution in [0, 0.1) is 6.92 Å². The largest absolute Gasteiger partial charge is 0.455 e. The summed E-state index contributed by atoms with van der Waals surface area (Å²) in [5.41, 5.74) is 2.14. The van der Waals surface area contributed by atoms with E-state index in [9.17, 15) is 0 Å². The predicted molar refractivity (Wildman–Crippen MR) is 82.1 cm³/mol. The van der Waals surface area contributed by atoms with E-state index in [1.807, 2.05) is 31.2 Å². The molecule has 2 rings (SSSR count). The molecule has 3 N–H and O–H groups in total. The van der Waals surface area contributed by atoms with Gasteiger partial charge >= 0.3 is 0 Å². The van der Waals surface area contributed by atoms with Crippen molar-refractivity contribution in [3.8, 4) is 11.3 Å². The zero-order valence-electron chi connectivity index (χ0n) is 12.4. The van der Waals surface area contributed by atoms with Gasteiger partial charge in [0.15, 0.2) is 5.76 Å². The number of quaternary nitrogens is 2. The average Bonchev–Trinajstić information content (AvgIpc) is 2.86. The van der Waals surface area contributed by atoms with E-state index in [4.69, 9.17) is 16.0 Å². The van der Waals surface area contributed by atoms with Gasteiger partial charge in [-0.25, -0.2) is 0 Å². The fourth-order valence-corrected chi connectivity index (χ4v) is 2.32. The van der Waals surface area contributed by atoms with Crippen molar-refractivity contribution in [1.82, 2.24) is 0 Å². The minimum Gasteiger partial charge on any atom is -0.455 e. The topological polar surface area (TPSA) is 34.2 Å². The number of rotatable bonds is 6. The molecule has 0 fully saturated rings. The van der Waals surface area contributed by atoms with Gasteiger partial charge in [-0.05, 0) is 30.7 Å². The Morgan fingerprint density at radius 3 is 2.75 bits per heavy atom. The summed E-state index contributed by atoms with van der Waals surface area (Å²) in [4.78, 5) is 1.47. The van der Waals surface area contributed by atoms with Gasteiger partial charge in [0, 0.05) is 10.6 Å². The van der Waals surface area contributed by atoms with Crippen LogP contribution in [-0.2, 0) is 6.54 Å². The number of hydrogen-bond donors (Lipinski definition) is 2. The van der Waals surface area contributed by atoms with Gasteiger partial charge in [0.1, 0.15) is 25.4 Å². The van der Waals surface area contributed by atoms with Crippen LogP contribution in [0.3, 0.4) is 0 Å². The van der Waals surface area contributed by atoms with Crippen LogP contribution in [0.4, 0.5) is 0 Å². The summed E-state index contributed by atoms with van der Waals surface area (Å²) >= 11 is 6.15. The van der Waals surface area contributed by atoms with Crippen molar-refractivity contribution in [3.63, 3.8) is 0 Å². The van der Waals surface area contributed by atoms with Crippen molar-refractivity contribution in [2.24, 2.45) is 0 Å². The van der Waals surface area contributed by atoms with Crippen molar-refractivity contribution in [2.75, 3.05) is 27.2 Å². The van der Waals surface area contributed by atoms with Crippen molar-refractivity contribution >= 4 is 11.6 Å². The Labute approximate surface area is 125 Å². The van der Waals surface area contributed by atoms with E-state index in [0.717, 1.165) is 47.3 Å². The van der Waals surface area contributed by atoms with Crippen LogP contribution in [0.15, 0.2) is 34.7 Å². The van der Waals surface area contributed by atoms with Gasteiger partial charge in [0.2, 0.25) is 0 Å². The van der Waals surface area contributed by atoms with Crippen LogP contribution in [0.1, 0.15) is 11.3 Å². The van der Waals surface area contributed by atoms with E-state index in [-0.39, 0.29) is 0 Å². The molecule has 0 unspecified atom stereocenters. The first-order chi connectivity index (χ1) is 9.58. The molecule has 0 aliphatic rings. The first-order valence-corrected chi connectivity index (χ1v) is 7.40. The molecule has 1 aromatic heterocycles. The lowest BCUT2D eigenvalue weighted by molar-refractivity contribution is -0.875. The Morgan fingerprint density at radius 2 is 2.00 bits per heavy atom. The molecular formula is C16H23ClN2O+2. The van der Waals surface area contributed by atoms with Crippen LogP contribution in [0.5, 0.6) is 0 Å². The molecule has 0 amide bonds. The van der Waals surface area contributed by atoms with Gasteiger partial charge < -0.3 is 14.6 Å². The Bertz CT molecular complexity index is 563. The second-order valence-electron chi connectivity index (χ2n) is 5.42. The lowest BCUT2D eigenvalue weighted by atomic mass is 10.1. The molecule has 0 aliphatic heterocycles. The van der Waals surface area contributed by atoms with Crippen LogP contribution < -0.4 is 10.2 Å². The van der Waals surface area contributed by atoms with Gasteiger partial charge in [0.25, 0.3) is 0 Å². The lowest BCUT2D eigenvalue weighted by Crippen LogP contribution is -3.09. The van der Waals surface area contributed by atoms with Gasteiger partial charge in [-0.3, -0.25) is 0 Å². The van der Waals surface area contributed by atoms with Gasteiger partial charge in [-0.15, -0.1) is 0 Å². The molecule has 3 nitrogen and oxygen atoms in total. The van der Waals surface area contributed by atoms with Gasteiger partial charge in [-0.2, -0.15) is 0 Å². The maximum absolute atomic E-state index is 6.15. The van der Waals surface area contributed by atoms with Crippen LogP contribution >= 0.6 is 11.6 Å². The Morgan fingerprint density at radius 1 is 1.20 bits per heavy atom. The van der Waals surface area contributed by atoms with Crippen LogP contribution in [0.25, 0.3) is 11.3 Å². The van der Waals surface area contributed by atoms with Crippen molar-refractivity contribution in [3.05, 3.63) is 46.7 Å². The Kier molecular flexibility index (Phi) is 5.24. The van der Waals surface area contributed by atoms with Crippen LogP contribution in [0.2, 0.25) is 5.02 Å². The summed E-state index contributed by atoms with van der Waals surface area (Å²) in [6.45, 7) is 5.16. The highest BCUT2D eigenvalue weighted by Crippen LogP contribution is 2.29. The third-order valence-corrected chi connectivity index (χ3v) is 3.80. The molecule has 0 atom stereocenters. The summed E-state index contributed by atoms with van der Waals surface area (Å²) < 4.78 is 5.92. The van der Waals surface area contributed by atoms with E-state index in [1.165, 1.54) is 4.90 Å². The minimum absolute atomic E-state index is 0.779. The molecule has 0 saturated heterocycles. The molecule has 0 aliphatic carbocycles. The molecular weight excluding hydrogens is 272 g/mol. The molecule has 1 aromatic carbocycles. The van der Waals surface area contributed by atoms with E-state index < -0.39 is 0 Å². The van der Waals surface area contributed by atoms with Gasteiger partial charge in [0.05, 0.1) is 14.1 Å². The summed E-state index contributed by atoms with van der Waals surface area (Å²) in [6, 6.07) is 9.98. The quantitative estimate of drug-likeness (QED) is 0.769. The fourth-order valence-electron chi connectivity index (χ4n) is 2.14. The summed E-state index contributed by atoms with van der Waals surface area (Å²) in [5, 5.41) is 3.06. The molecule has 108 valence electrons. The van der Waals surface area contributed by atoms with E-state index >= 15 is 0 Å². The highest BCUT2D eigenvalue weighted by molar-refractivity contribution is 6.31. The SMILES string of the molecule is Cc1c(Cl)cccc1-c1ccc(C[NH2+]CC[NH+](C)C)o1. The molecule has 2 aromatic rings. The van der Waals surface area contributed by atoms with Crippen molar-refractivity contribution < 1.29 is 14.6 Å². The van der Waals surface area contributed by atoms with Crippen LogP contribution in [-0.4, -0.2) is 27.2 Å². The smallest absolute Gasteiger partial charge is 0.158 e. The number of furan rings is 1. The summed E-state index contributed by atoms with van der Waals surface area (Å²) in [6.07, 6.45) is 0. The summed E-state index contributed by atoms with van der Waals surface area (Å²) in [7, 11) is 4.33. The number of likely N-dealkylation sites (N-methyl/N-ethyl adjacent to an activating group) is 1.